The van der Waals surface area contributed by atoms with E-state index in [0.717, 1.165) is 18.4 Å². The van der Waals surface area contributed by atoms with Gasteiger partial charge in [0.25, 0.3) is 0 Å². The van der Waals surface area contributed by atoms with Crippen molar-refractivity contribution in [1.82, 2.24) is 5.32 Å². The molecule has 0 saturated heterocycles. The standard InChI is InChI=1S/C15H24N2O/c1-4-12-5-7-13(8-6-12)10-17-15(18)14(16)9-11(2)3/h5-8,11,14H,4,9-10,16H2,1-3H3,(H,17,18). The minimum absolute atomic E-state index is 0.0664. The summed E-state index contributed by atoms with van der Waals surface area (Å²) >= 11 is 0. The largest absolute Gasteiger partial charge is 0.351 e. The number of rotatable bonds is 6. The van der Waals surface area contributed by atoms with Crippen molar-refractivity contribution in [2.45, 2.75) is 46.2 Å². The molecule has 0 aromatic heterocycles. The highest BCUT2D eigenvalue weighted by Crippen LogP contribution is 2.06. The molecule has 1 aromatic carbocycles. The Morgan fingerprint density at radius 3 is 2.28 bits per heavy atom. The minimum atomic E-state index is -0.403. The van der Waals surface area contributed by atoms with Gasteiger partial charge in [0.15, 0.2) is 0 Å². The fraction of sp³-hybridized carbons (Fsp3) is 0.533. The van der Waals surface area contributed by atoms with Crippen molar-refractivity contribution < 1.29 is 4.79 Å². The zero-order chi connectivity index (χ0) is 13.5. The van der Waals surface area contributed by atoms with E-state index in [4.69, 9.17) is 5.73 Å². The maximum absolute atomic E-state index is 11.7. The molecule has 0 aliphatic rings. The van der Waals surface area contributed by atoms with Gasteiger partial charge in [-0.1, -0.05) is 45.0 Å². The van der Waals surface area contributed by atoms with Gasteiger partial charge in [-0.15, -0.1) is 0 Å². The Bertz CT molecular complexity index is 371. The molecule has 0 fully saturated rings. The van der Waals surface area contributed by atoms with Crippen molar-refractivity contribution in [2.75, 3.05) is 0 Å². The summed E-state index contributed by atoms with van der Waals surface area (Å²) in [5, 5.41) is 2.88. The van der Waals surface area contributed by atoms with Gasteiger partial charge in [0.2, 0.25) is 5.91 Å². The molecule has 1 amide bonds. The van der Waals surface area contributed by atoms with Crippen LogP contribution in [0.15, 0.2) is 24.3 Å². The molecule has 1 rings (SSSR count). The predicted molar refractivity (Wildman–Crippen MR) is 75.1 cm³/mol. The van der Waals surface area contributed by atoms with Crippen molar-refractivity contribution >= 4 is 5.91 Å². The van der Waals surface area contributed by atoms with Gasteiger partial charge in [-0.3, -0.25) is 4.79 Å². The predicted octanol–water partition coefficient (Wildman–Crippen LogP) is 2.24. The summed E-state index contributed by atoms with van der Waals surface area (Å²) in [4.78, 5) is 11.7. The molecule has 1 aromatic rings. The lowest BCUT2D eigenvalue weighted by Gasteiger charge is -2.14. The molecular formula is C15H24N2O. The molecule has 1 atom stereocenters. The van der Waals surface area contributed by atoms with Crippen LogP contribution in [0, 0.1) is 5.92 Å². The van der Waals surface area contributed by atoms with Crippen molar-refractivity contribution in [3.8, 4) is 0 Å². The molecule has 0 radical (unpaired) electrons. The molecule has 3 heteroatoms. The zero-order valence-corrected chi connectivity index (χ0v) is 11.6. The number of aryl methyl sites for hydroxylation is 1. The van der Waals surface area contributed by atoms with Crippen LogP contribution in [-0.4, -0.2) is 11.9 Å². The van der Waals surface area contributed by atoms with E-state index in [0.29, 0.717) is 12.5 Å². The molecule has 3 N–H and O–H groups in total. The maximum Gasteiger partial charge on any atom is 0.237 e. The molecule has 0 saturated carbocycles. The molecule has 3 nitrogen and oxygen atoms in total. The average Bonchev–Trinajstić information content (AvgIpc) is 2.35. The second-order valence-electron chi connectivity index (χ2n) is 5.12. The van der Waals surface area contributed by atoms with Gasteiger partial charge in [-0.2, -0.15) is 0 Å². The number of nitrogens with two attached hydrogens (primary N) is 1. The summed E-state index contributed by atoms with van der Waals surface area (Å²) in [6.45, 7) is 6.81. The molecular weight excluding hydrogens is 224 g/mol. The number of hydrogen-bond acceptors (Lipinski definition) is 2. The summed E-state index contributed by atoms with van der Waals surface area (Å²) < 4.78 is 0. The van der Waals surface area contributed by atoms with E-state index in [-0.39, 0.29) is 5.91 Å². The van der Waals surface area contributed by atoms with Crippen LogP contribution >= 0.6 is 0 Å². The Morgan fingerprint density at radius 1 is 1.22 bits per heavy atom. The first-order valence-electron chi connectivity index (χ1n) is 6.64. The van der Waals surface area contributed by atoms with Crippen LogP contribution in [0.1, 0.15) is 38.3 Å². The van der Waals surface area contributed by atoms with Gasteiger partial charge >= 0.3 is 0 Å². The monoisotopic (exact) mass is 248 g/mol. The van der Waals surface area contributed by atoms with Gasteiger partial charge in [-0.05, 0) is 29.9 Å². The molecule has 0 heterocycles. The summed E-state index contributed by atoms with van der Waals surface area (Å²) in [6, 6.07) is 7.88. The molecule has 18 heavy (non-hydrogen) atoms. The Kier molecular flexibility index (Phi) is 5.86. The maximum atomic E-state index is 11.7. The Labute approximate surface area is 110 Å². The highest BCUT2D eigenvalue weighted by molar-refractivity contribution is 5.81. The van der Waals surface area contributed by atoms with Crippen LogP contribution in [0.5, 0.6) is 0 Å². The fourth-order valence-corrected chi connectivity index (χ4v) is 1.83. The van der Waals surface area contributed by atoms with Crippen LogP contribution in [0.4, 0.5) is 0 Å². The molecule has 0 spiro atoms. The topological polar surface area (TPSA) is 55.1 Å². The van der Waals surface area contributed by atoms with Crippen molar-refractivity contribution in [2.24, 2.45) is 11.7 Å². The van der Waals surface area contributed by atoms with Gasteiger partial charge in [-0.25, -0.2) is 0 Å². The molecule has 1 unspecified atom stereocenters. The normalized spacial score (nSPS) is 12.5. The van der Waals surface area contributed by atoms with E-state index in [1.54, 1.807) is 0 Å². The van der Waals surface area contributed by atoms with Crippen molar-refractivity contribution in [3.63, 3.8) is 0 Å². The smallest absolute Gasteiger partial charge is 0.237 e. The number of amides is 1. The number of nitrogens with one attached hydrogen (secondary N) is 1. The van der Waals surface area contributed by atoms with Crippen LogP contribution in [0.2, 0.25) is 0 Å². The van der Waals surface area contributed by atoms with Gasteiger partial charge < -0.3 is 11.1 Å². The van der Waals surface area contributed by atoms with Gasteiger partial charge in [0, 0.05) is 6.54 Å². The minimum Gasteiger partial charge on any atom is -0.351 e. The summed E-state index contributed by atoms with van der Waals surface area (Å²) in [7, 11) is 0. The lowest BCUT2D eigenvalue weighted by atomic mass is 10.0. The first-order valence-corrected chi connectivity index (χ1v) is 6.64. The van der Waals surface area contributed by atoms with Crippen LogP contribution in [0.25, 0.3) is 0 Å². The Balaban J connectivity index is 2.41. The van der Waals surface area contributed by atoms with E-state index in [1.807, 2.05) is 12.1 Å². The molecule has 0 aliphatic carbocycles. The van der Waals surface area contributed by atoms with Crippen LogP contribution in [-0.2, 0) is 17.8 Å². The Morgan fingerprint density at radius 2 is 1.78 bits per heavy atom. The summed E-state index contributed by atoms with van der Waals surface area (Å²) in [5.41, 5.74) is 8.23. The van der Waals surface area contributed by atoms with Crippen LogP contribution < -0.4 is 11.1 Å². The van der Waals surface area contributed by atoms with E-state index in [2.05, 4.69) is 38.2 Å². The van der Waals surface area contributed by atoms with Gasteiger partial charge in [0.05, 0.1) is 6.04 Å². The molecule has 0 bridgehead atoms. The van der Waals surface area contributed by atoms with E-state index in [1.165, 1.54) is 5.56 Å². The quantitative estimate of drug-likeness (QED) is 0.811. The number of carbonyl (C=O) groups excluding carboxylic acids is 1. The van der Waals surface area contributed by atoms with Crippen molar-refractivity contribution in [1.29, 1.82) is 0 Å². The van der Waals surface area contributed by atoms with E-state index >= 15 is 0 Å². The highest BCUT2D eigenvalue weighted by Gasteiger charge is 2.14. The van der Waals surface area contributed by atoms with Gasteiger partial charge in [0.1, 0.15) is 0 Å². The second-order valence-corrected chi connectivity index (χ2v) is 5.12. The number of carbonyl (C=O) groups is 1. The summed E-state index contributed by atoms with van der Waals surface area (Å²) in [5.74, 6) is 0.373. The lowest BCUT2D eigenvalue weighted by molar-refractivity contribution is -0.122. The van der Waals surface area contributed by atoms with E-state index in [9.17, 15) is 4.79 Å². The third-order valence-corrected chi connectivity index (χ3v) is 2.96. The zero-order valence-electron chi connectivity index (χ0n) is 11.6. The van der Waals surface area contributed by atoms with E-state index < -0.39 is 6.04 Å². The third-order valence-electron chi connectivity index (χ3n) is 2.96. The SMILES string of the molecule is CCc1ccc(CNC(=O)C(N)CC(C)C)cc1. The highest BCUT2D eigenvalue weighted by atomic mass is 16.2. The second kappa shape index (κ2) is 7.17. The molecule has 0 aliphatic heterocycles. The number of hydrogen-bond donors (Lipinski definition) is 2. The summed E-state index contributed by atoms with van der Waals surface area (Å²) in [6.07, 6.45) is 1.76. The van der Waals surface area contributed by atoms with Crippen molar-refractivity contribution in [3.05, 3.63) is 35.4 Å². The molecule has 100 valence electrons. The average molecular weight is 248 g/mol. The lowest BCUT2D eigenvalue weighted by Crippen LogP contribution is -2.41. The first kappa shape index (κ1) is 14.7. The number of benzene rings is 1. The first-order chi connectivity index (χ1) is 8.52. The van der Waals surface area contributed by atoms with Crippen LogP contribution in [0.3, 0.4) is 0 Å². The fourth-order valence-electron chi connectivity index (χ4n) is 1.83. The third kappa shape index (κ3) is 4.88. The Hall–Kier alpha value is -1.35.